The summed E-state index contributed by atoms with van der Waals surface area (Å²) in [6.07, 6.45) is 5.05. The maximum Gasteiger partial charge on any atom is 0.261 e. The molecule has 0 fully saturated rings. The SMILES string of the molecule is Cc1cc(C)nc(-n2nc(C)cc2NC(=O)c2ccc3c(=O)n4c(nc3c2)CCCCCC4)n1. The summed E-state index contributed by atoms with van der Waals surface area (Å²) in [5.41, 5.74) is 3.29. The van der Waals surface area contributed by atoms with Crippen LogP contribution < -0.4 is 10.9 Å². The molecule has 0 atom stereocenters. The molecule has 0 saturated heterocycles. The minimum atomic E-state index is -0.318. The van der Waals surface area contributed by atoms with Crippen molar-refractivity contribution in [3.63, 3.8) is 0 Å². The molecule has 0 aliphatic carbocycles. The molecule has 0 bridgehead atoms. The number of benzene rings is 1. The average Bonchev–Trinajstić information content (AvgIpc) is 3.14. The van der Waals surface area contributed by atoms with Gasteiger partial charge in [-0.2, -0.15) is 9.78 Å². The first-order valence-corrected chi connectivity index (χ1v) is 11.6. The molecule has 0 spiro atoms. The Bertz CT molecular complexity index is 1450. The van der Waals surface area contributed by atoms with E-state index in [1.807, 2.05) is 26.8 Å². The van der Waals surface area contributed by atoms with E-state index in [0.717, 1.165) is 55.0 Å². The molecule has 5 rings (SSSR count). The standard InChI is InChI=1S/C25H27N7O2/c1-15-12-16(2)27-25(26-15)32-22(13-17(3)30-32)29-23(33)18-9-10-19-20(14-18)28-21-8-6-4-5-7-11-31(21)24(19)34/h9-10,12-14H,4-8,11H2,1-3H3,(H,29,33). The van der Waals surface area contributed by atoms with Gasteiger partial charge in [0.15, 0.2) is 0 Å². The van der Waals surface area contributed by atoms with Crippen molar-refractivity contribution in [2.75, 3.05) is 5.32 Å². The van der Waals surface area contributed by atoms with Crippen LogP contribution in [0.4, 0.5) is 5.82 Å². The van der Waals surface area contributed by atoms with Crippen molar-refractivity contribution in [2.45, 2.75) is 59.4 Å². The quantitative estimate of drug-likeness (QED) is 0.503. The minimum absolute atomic E-state index is 0.0328. The lowest BCUT2D eigenvalue weighted by atomic mass is 10.1. The molecule has 1 aliphatic heterocycles. The van der Waals surface area contributed by atoms with Crippen LogP contribution in [0.1, 0.15) is 58.9 Å². The Labute approximate surface area is 196 Å². The summed E-state index contributed by atoms with van der Waals surface area (Å²) in [4.78, 5) is 39.9. The molecule has 0 saturated carbocycles. The maximum atomic E-state index is 13.2. The van der Waals surface area contributed by atoms with E-state index in [4.69, 9.17) is 4.98 Å². The van der Waals surface area contributed by atoms with E-state index in [-0.39, 0.29) is 11.5 Å². The van der Waals surface area contributed by atoms with Crippen LogP contribution in [0.3, 0.4) is 0 Å². The van der Waals surface area contributed by atoms with E-state index in [0.29, 0.717) is 34.8 Å². The molecule has 4 heterocycles. The molecule has 9 nitrogen and oxygen atoms in total. The smallest absolute Gasteiger partial charge is 0.261 e. The Hall–Kier alpha value is -3.88. The largest absolute Gasteiger partial charge is 0.306 e. The first-order chi connectivity index (χ1) is 16.4. The fourth-order valence-electron chi connectivity index (χ4n) is 4.47. The highest BCUT2D eigenvalue weighted by molar-refractivity contribution is 6.05. The second-order valence-electron chi connectivity index (χ2n) is 8.87. The zero-order chi connectivity index (χ0) is 23.8. The highest BCUT2D eigenvalue weighted by Crippen LogP contribution is 2.19. The average molecular weight is 458 g/mol. The van der Waals surface area contributed by atoms with Crippen molar-refractivity contribution in [3.05, 3.63) is 69.2 Å². The molecular weight excluding hydrogens is 430 g/mol. The van der Waals surface area contributed by atoms with E-state index in [9.17, 15) is 9.59 Å². The molecule has 174 valence electrons. The van der Waals surface area contributed by atoms with Crippen LogP contribution in [-0.4, -0.2) is 35.2 Å². The van der Waals surface area contributed by atoms with Crippen molar-refractivity contribution in [3.8, 4) is 5.95 Å². The fourth-order valence-corrected chi connectivity index (χ4v) is 4.47. The van der Waals surface area contributed by atoms with Crippen LogP contribution in [0.2, 0.25) is 0 Å². The van der Waals surface area contributed by atoms with Gasteiger partial charge in [0.05, 0.1) is 16.6 Å². The predicted octanol–water partition coefficient (Wildman–Crippen LogP) is 3.67. The second kappa shape index (κ2) is 8.81. The number of aromatic nitrogens is 6. The first-order valence-electron chi connectivity index (χ1n) is 11.6. The first kappa shape index (κ1) is 21.9. The van der Waals surface area contributed by atoms with E-state index in [2.05, 4.69) is 20.4 Å². The van der Waals surface area contributed by atoms with Gasteiger partial charge >= 0.3 is 0 Å². The second-order valence-corrected chi connectivity index (χ2v) is 8.87. The van der Waals surface area contributed by atoms with Gasteiger partial charge in [-0.1, -0.05) is 12.8 Å². The molecule has 0 unspecified atom stereocenters. The summed E-state index contributed by atoms with van der Waals surface area (Å²) in [7, 11) is 0. The van der Waals surface area contributed by atoms with E-state index in [1.54, 1.807) is 28.8 Å². The Balaban J connectivity index is 1.49. The molecule has 9 heteroatoms. The predicted molar refractivity (Wildman–Crippen MR) is 129 cm³/mol. The maximum absolute atomic E-state index is 13.2. The summed E-state index contributed by atoms with van der Waals surface area (Å²) in [6, 6.07) is 8.70. The Morgan fingerprint density at radius 3 is 2.47 bits per heavy atom. The van der Waals surface area contributed by atoms with Crippen LogP contribution in [-0.2, 0) is 13.0 Å². The monoisotopic (exact) mass is 457 g/mol. The third-order valence-electron chi connectivity index (χ3n) is 6.06. The molecule has 1 amide bonds. The summed E-state index contributed by atoms with van der Waals surface area (Å²) < 4.78 is 3.33. The number of hydrogen-bond acceptors (Lipinski definition) is 6. The summed E-state index contributed by atoms with van der Waals surface area (Å²) in [5.74, 6) is 1.35. The van der Waals surface area contributed by atoms with Crippen molar-refractivity contribution in [1.82, 2.24) is 29.3 Å². The molecule has 1 aliphatic rings. The molecule has 1 aromatic carbocycles. The van der Waals surface area contributed by atoms with Crippen LogP contribution >= 0.6 is 0 Å². The number of nitrogens with zero attached hydrogens (tertiary/aromatic N) is 6. The number of hydrogen-bond donors (Lipinski definition) is 1. The third-order valence-corrected chi connectivity index (χ3v) is 6.06. The zero-order valence-corrected chi connectivity index (χ0v) is 19.6. The third kappa shape index (κ3) is 4.21. The van der Waals surface area contributed by atoms with Gasteiger partial charge in [0.25, 0.3) is 17.4 Å². The molecular formula is C25H27N7O2. The lowest BCUT2D eigenvalue weighted by molar-refractivity contribution is 0.102. The minimum Gasteiger partial charge on any atom is -0.306 e. The van der Waals surface area contributed by atoms with Gasteiger partial charge in [0.2, 0.25) is 0 Å². The fraction of sp³-hybridized carbons (Fsp3) is 0.360. The Morgan fingerprint density at radius 2 is 1.68 bits per heavy atom. The summed E-state index contributed by atoms with van der Waals surface area (Å²) in [6.45, 7) is 6.32. The van der Waals surface area contributed by atoms with Gasteiger partial charge in [-0.05, 0) is 57.9 Å². The van der Waals surface area contributed by atoms with E-state index < -0.39 is 0 Å². The Morgan fingerprint density at radius 1 is 0.912 bits per heavy atom. The van der Waals surface area contributed by atoms with Gasteiger partial charge in [0, 0.05) is 36.0 Å². The lowest BCUT2D eigenvalue weighted by Gasteiger charge is -2.16. The zero-order valence-electron chi connectivity index (χ0n) is 19.6. The van der Waals surface area contributed by atoms with Gasteiger partial charge in [-0.15, -0.1) is 0 Å². The summed E-state index contributed by atoms with van der Waals surface area (Å²) in [5, 5.41) is 7.90. The number of fused-ring (bicyclic) bond motifs is 2. The van der Waals surface area contributed by atoms with Crippen LogP contribution in [0.25, 0.3) is 16.9 Å². The number of carbonyl (C=O) groups excluding carboxylic acids is 1. The number of rotatable bonds is 3. The summed E-state index contributed by atoms with van der Waals surface area (Å²) >= 11 is 0. The van der Waals surface area contributed by atoms with Crippen LogP contribution in [0.5, 0.6) is 0 Å². The number of aryl methyl sites for hydroxylation is 4. The number of nitrogens with one attached hydrogen (secondary N) is 1. The van der Waals surface area contributed by atoms with Crippen molar-refractivity contribution >= 4 is 22.6 Å². The molecule has 4 aromatic rings. The van der Waals surface area contributed by atoms with Gasteiger partial charge < -0.3 is 5.32 Å². The van der Waals surface area contributed by atoms with E-state index in [1.165, 1.54) is 4.68 Å². The van der Waals surface area contributed by atoms with Crippen molar-refractivity contribution in [1.29, 1.82) is 0 Å². The number of anilines is 1. The highest BCUT2D eigenvalue weighted by atomic mass is 16.2. The van der Waals surface area contributed by atoms with Crippen molar-refractivity contribution in [2.24, 2.45) is 0 Å². The van der Waals surface area contributed by atoms with Crippen molar-refractivity contribution < 1.29 is 4.79 Å². The molecule has 3 aromatic heterocycles. The molecule has 34 heavy (non-hydrogen) atoms. The van der Waals surface area contributed by atoms with Crippen LogP contribution in [0.15, 0.2) is 35.1 Å². The molecule has 1 N–H and O–H groups in total. The lowest BCUT2D eigenvalue weighted by Crippen LogP contribution is -2.26. The Kier molecular flexibility index (Phi) is 5.69. The number of amides is 1. The van der Waals surface area contributed by atoms with Crippen LogP contribution in [0, 0.1) is 20.8 Å². The topological polar surface area (TPSA) is 108 Å². The molecule has 0 radical (unpaired) electrons. The van der Waals surface area contributed by atoms with E-state index >= 15 is 0 Å². The van der Waals surface area contributed by atoms with Gasteiger partial charge in [0.1, 0.15) is 11.6 Å². The number of carbonyl (C=O) groups is 1. The highest BCUT2D eigenvalue weighted by Gasteiger charge is 2.17. The van der Waals surface area contributed by atoms with Gasteiger partial charge in [-0.25, -0.2) is 15.0 Å². The van der Waals surface area contributed by atoms with Gasteiger partial charge in [-0.3, -0.25) is 14.2 Å². The normalized spacial score (nSPS) is 13.9.